The van der Waals surface area contributed by atoms with Gasteiger partial charge in [0, 0.05) is 0 Å². The normalized spacial score (nSPS) is 12.1. The lowest BCUT2D eigenvalue weighted by atomic mass is 10.1. The molecule has 0 unspecified atom stereocenters. The van der Waals surface area contributed by atoms with Gasteiger partial charge < -0.3 is 14.8 Å². The Bertz CT molecular complexity index is 723. The van der Waals surface area contributed by atoms with E-state index < -0.39 is 23.7 Å². The number of nitrogens with one attached hydrogen (secondary N) is 1. The quantitative estimate of drug-likeness (QED) is 0.741. The van der Waals surface area contributed by atoms with E-state index in [0.717, 1.165) is 11.1 Å². The lowest BCUT2D eigenvalue weighted by molar-refractivity contribution is -0.157. The van der Waals surface area contributed by atoms with Crippen LogP contribution < -0.4 is 5.32 Å². The van der Waals surface area contributed by atoms with Gasteiger partial charge in [-0.2, -0.15) is 0 Å². The van der Waals surface area contributed by atoms with Crippen LogP contribution in [0.2, 0.25) is 0 Å². The molecule has 0 heterocycles. The van der Waals surface area contributed by atoms with E-state index in [1.165, 1.54) is 0 Å². The second kappa shape index (κ2) is 9.76. The van der Waals surface area contributed by atoms with E-state index in [4.69, 9.17) is 9.47 Å². The predicted octanol–water partition coefficient (Wildman–Crippen LogP) is 4.26. The summed E-state index contributed by atoms with van der Waals surface area (Å²) in [5.41, 5.74) is 1.34. The molecule has 2 rings (SSSR count). The molecule has 0 spiro atoms. The molecule has 1 amide bonds. The highest BCUT2D eigenvalue weighted by atomic mass is 16.6. The first-order valence-corrected chi connectivity index (χ1v) is 9.07. The minimum absolute atomic E-state index is 0.145. The van der Waals surface area contributed by atoms with Crippen LogP contribution in [0.1, 0.15) is 38.3 Å². The van der Waals surface area contributed by atoms with E-state index in [1.807, 2.05) is 60.7 Å². The van der Waals surface area contributed by atoms with E-state index in [1.54, 1.807) is 20.8 Å². The molecule has 5 nitrogen and oxygen atoms in total. The molecule has 144 valence electrons. The number of carbonyl (C=O) groups is 2. The molecular weight excluding hydrogens is 342 g/mol. The van der Waals surface area contributed by atoms with Gasteiger partial charge in [0.1, 0.15) is 18.2 Å². The van der Waals surface area contributed by atoms with Gasteiger partial charge in [-0.05, 0) is 44.7 Å². The molecule has 5 heteroatoms. The molecule has 27 heavy (non-hydrogen) atoms. The second-order valence-electron chi connectivity index (χ2n) is 7.32. The summed E-state index contributed by atoms with van der Waals surface area (Å²) in [6, 6.07) is 18.4. The van der Waals surface area contributed by atoms with Crippen molar-refractivity contribution in [2.75, 3.05) is 0 Å². The molecule has 0 aliphatic rings. The first-order valence-electron chi connectivity index (χ1n) is 9.07. The average Bonchev–Trinajstić information content (AvgIpc) is 2.63. The molecule has 0 aliphatic carbocycles. The van der Waals surface area contributed by atoms with Crippen LogP contribution in [0, 0.1) is 0 Å². The van der Waals surface area contributed by atoms with Crippen molar-refractivity contribution in [1.82, 2.24) is 5.32 Å². The summed E-state index contributed by atoms with van der Waals surface area (Å²) in [5, 5.41) is 2.64. The molecule has 0 saturated carbocycles. The molecule has 0 aliphatic heterocycles. The number of benzene rings is 2. The molecule has 2 aromatic carbocycles. The third-order valence-electron chi connectivity index (χ3n) is 3.76. The monoisotopic (exact) mass is 369 g/mol. The van der Waals surface area contributed by atoms with Crippen LogP contribution in [-0.4, -0.2) is 23.7 Å². The Morgan fingerprint density at radius 3 is 2.04 bits per heavy atom. The minimum atomic E-state index is -0.771. The Morgan fingerprint density at radius 2 is 1.48 bits per heavy atom. The zero-order valence-electron chi connectivity index (χ0n) is 16.1. The second-order valence-corrected chi connectivity index (χ2v) is 7.32. The van der Waals surface area contributed by atoms with Crippen molar-refractivity contribution in [3.8, 4) is 0 Å². The average molecular weight is 369 g/mol. The molecule has 0 radical (unpaired) electrons. The van der Waals surface area contributed by atoms with E-state index in [-0.39, 0.29) is 6.61 Å². The molecule has 0 saturated heterocycles. The van der Waals surface area contributed by atoms with Gasteiger partial charge in [-0.1, -0.05) is 60.7 Å². The van der Waals surface area contributed by atoms with Gasteiger partial charge >= 0.3 is 12.1 Å². The van der Waals surface area contributed by atoms with Crippen LogP contribution in [0.3, 0.4) is 0 Å². The predicted molar refractivity (Wildman–Crippen MR) is 104 cm³/mol. The van der Waals surface area contributed by atoms with Crippen LogP contribution in [0.15, 0.2) is 60.7 Å². The smallest absolute Gasteiger partial charge is 0.408 e. The number of aryl methyl sites for hydroxylation is 1. The van der Waals surface area contributed by atoms with Crippen LogP contribution in [0.25, 0.3) is 0 Å². The number of ether oxygens (including phenoxy) is 2. The fourth-order valence-corrected chi connectivity index (χ4v) is 2.48. The van der Waals surface area contributed by atoms with E-state index >= 15 is 0 Å². The van der Waals surface area contributed by atoms with Crippen molar-refractivity contribution >= 4 is 12.1 Å². The highest BCUT2D eigenvalue weighted by Crippen LogP contribution is 2.12. The standard InChI is InChI=1S/C22H27NO4/c1-22(2,3)27-20(24)19(15-14-17-10-6-4-7-11-17)23-21(25)26-16-18-12-8-5-9-13-18/h4-13,19H,14-16H2,1-3H3,(H,23,25)/t19-/m0/s1. The number of alkyl carbamates (subject to hydrolysis) is 1. The van der Waals surface area contributed by atoms with Gasteiger partial charge in [0.15, 0.2) is 0 Å². The number of esters is 1. The van der Waals surface area contributed by atoms with Crippen molar-refractivity contribution < 1.29 is 19.1 Å². The molecule has 2 aromatic rings. The number of hydrogen-bond acceptors (Lipinski definition) is 4. The van der Waals surface area contributed by atoms with Crippen molar-refractivity contribution in [3.63, 3.8) is 0 Å². The van der Waals surface area contributed by atoms with Gasteiger partial charge in [-0.15, -0.1) is 0 Å². The molecule has 0 bridgehead atoms. The van der Waals surface area contributed by atoms with Crippen LogP contribution in [-0.2, 0) is 27.3 Å². The Hall–Kier alpha value is -2.82. The van der Waals surface area contributed by atoms with Crippen LogP contribution >= 0.6 is 0 Å². The number of amides is 1. The largest absolute Gasteiger partial charge is 0.458 e. The highest BCUT2D eigenvalue weighted by Gasteiger charge is 2.27. The van der Waals surface area contributed by atoms with E-state index in [2.05, 4.69) is 5.32 Å². The topological polar surface area (TPSA) is 64.6 Å². The molecule has 0 fully saturated rings. The summed E-state index contributed by atoms with van der Waals surface area (Å²) >= 11 is 0. The summed E-state index contributed by atoms with van der Waals surface area (Å²) in [6.45, 7) is 5.54. The molecule has 0 aromatic heterocycles. The van der Waals surface area contributed by atoms with Crippen molar-refractivity contribution in [2.24, 2.45) is 0 Å². The van der Waals surface area contributed by atoms with Crippen molar-refractivity contribution in [1.29, 1.82) is 0 Å². The Kier molecular flexibility index (Phi) is 7.41. The highest BCUT2D eigenvalue weighted by molar-refractivity contribution is 5.81. The third kappa shape index (κ3) is 7.94. The van der Waals surface area contributed by atoms with Crippen molar-refractivity contribution in [3.05, 3.63) is 71.8 Å². The summed E-state index contributed by atoms with van der Waals surface area (Å²) in [5.74, 6) is -0.463. The van der Waals surface area contributed by atoms with Gasteiger partial charge in [-0.25, -0.2) is 9.59 Å². The SMILES string of the molecule is CC(C)(C)OC(=O)[C@H](CCc1ccccc1)NC(=O)OCc1ccccc1. The lowest BCUT2D eigenvalue weighted by Crippen LogP contribution is -2.44. The maximum atomic E-state index is 12.5. The third-order valence-corrected chi connectivity index (χ3v) is 3.76. The van der Waals surface area contributed by atoms with Crippen molar-refractivity contribution in [2.45, 2.75) is 51.9 Å². The maximum Gasteiger partial charge on any atom is 0.408 e. The fourth-order valence-electron chi connectivity index (χ4n) is 2.48. The summed E-state index contributed by atoms with van der Waals surface area (Å²) < 4.78 is 10.7. The summed E-state index contributed by atoms with van der Waals surface area (Å²) in [4.78, 5) is 24.7. The molecular formula is C22H27NO4. The number of carbonyl (C=O) groups excluding carboxylic acids is 2. The fraction of sp³-hybridized carbons (Fsp3) is 0.364. The van der Waals surface area contributed by atoms with Gasteiger partial charge in [0.25, 0.3) is 0 Å². The van der Waals surface area contributed by atoms with Crippen LogP contribution in [0.4, 0.5) is 4.79 Å². The summed E-state index contributed by atoms with van der Waals surface area (Å²) in [7, 11) is 0. The zero-order valence-corrected chi connectivity index (χ0v) is 16.1. The Labute approximate surface area is 160 Å². The first-order chi connectivity index (χ1) is 12.8. The zero-order chi connectivity index (χ0) is 19.7. The first kappa shape index (κ1) is 20.5. The van der Waals surface area contributed by atoms with Crippen LogP contribution in [0.5, 0.6) is 0 Å². The lowest BCUT2D eigenvalue weighted by Gasteiger charge is -2.24. The number of rotatable bonds is 7. The Balaban J connectivity index is 1.95. The van der Waals surface area contributed by atoms with E-state index in [9.17, 15) is 9.59 Å². The minimum Gasteiger partial charge on any atom is -0.458 e. The maximum absolute atomic E-state index is 12.5. The van der Waals surface area contributed by atoms with Gasteiger partial charge in [0.05, 0.1) is 0 Å². The Morgan fingerprint density at radius 1 is 0.926 bits per heavy atom. The number of hydrogen-bond donors (Lipinski definition) is 1. The summed E-state index contributed by atoms with van der Waals surface area (Å²) in [6.07, 6.45) is 0.436. The molecule has 1 atom stereocenters. The van der Waals surface area contributed by atoms with Gasteiger partial charge in [-0.3, -0.25) is 0 Å². The van der Waals surface area contributed by atoms with E-state index in [0.29, 0.717) is 12.8 Å². The molecule has 1 N–H and O–H groups in total. The van der Waals surface area contributed by atoms with Gasteiger partial charge in [0.2, 0.25) is 0 Å².